The number of aliphatic hydroxyl groups excluding tert-OH is 2. The summed E-state index contributed by atoms with van der Waals surface area (Å²) in [5.41, 5.74) is 27.3. The van der Waals surface area contributed by atoms with Crippen molar-refractivity contribution in [2.75, 3.05) is 40.3 Å². The molecular weight excluding hydrogens is 776 g/mol. The maximum atomic E-state index is 13.6. The first kappa shape index (κ1) is 53.7. The highest BCUT2D eigenvalue weighted by molar-refractivity contribution is 5.97. The quantitative estimate of drug-likeness (QED) is 0.0189. The fourth-order valence-electron chi connectivity index (χ4n) is 5.31. The third kappa shape index (κ3) is 22.4. The van der Waals surface area contributed by atoms with Crippen LogP contribution in [-0.2, 0) is 33.6 Å². The predicted molar refractivity (Wildman–Crippen MR) is 219 cm³/mol. The van der Waals surface area contributed by atoms with Crippen LogP contribution in [0.3, 0.4) is 0 Å². The third-order valence-electron chi connectivity index (χ3n) is 8.72. The van der Waals surface area contributed by atoms with Gasteiger partial charge in [-0.05, 0) is 85.4 Å². The van der Waals surface area contributed by atoms with Crippen LogP contribution in [-0.4, -0.2) is 162 Å². The molecule has 24 heteroatoms. The van der Waals surface area contributed by atoms with Crippen LogP contribution in [0.4, 0.5) is 0 Å². The van der Waals surface area contributed by atoms with Crippen molar-refractivity contribution >= 4 is 53.3 Å². The van der Waals surface area contributed by atoms with Crippen molar-refractivity contribution in [1.29, 1.82) is 0 Å². The molecule has 0 spiro atoms. The van der Waals surface area contributed by atoms with Crippen molar-refractivity contribution in [3.05, 3.63) is 0 Å². The summed E-state index contributed by atoms with van der Waals surface area (Å²) in [6, 6.07) is -9.42. The van der Waals surface area contributed by atoms with Gasteiger partial charge < -0.3 is 80.8 Å². The Morgan fingerprint density at radius 1 is 0.593 bits per heavy atom. The number of rotatable bonds is 29. The third-order valence-corrected chi connectivity index (χ3v) is 8.72. The van der Waals surface area contributed by atoms with Crippen LogP contribution in [0.15, 0.2) is 9.98 Å². The Morgan fingerprint density at radius 2 is 1.05 bits per heavy atom. The Balaban J connectivity index is 5.99. The number of nitrogens with zero attached hydrogens (tertiary/aromatic N) is 3. The van der Waals surface area contributed by atoms with Crippen molar-refractivity contribution in [3.8, 4) is 0 Å². The molecule has 0 fully saturated rings. The number of unbranched alkanes of at least 4 members (excludes halogenated alkanes) is 1. The zero-order valence-electron chi connectivity index (χ0n) is 34.9. The number of aliphatic carboxylic acids is 1. The minimum atomic E-state index is -1.62. The number of hydrogen-bond donors (Lipinski definition) is 14. The molecule has 19 N–H and O–H groups in total. The van der Waals surface area contributed by atoms with E-state index in [9.17, 15) is 48.9 Å². The lowest BCUT2D eigenvalue weighted by Crippen LogP contribution is -2.61. The summed E-state index contributed by atoms with van der Waals surface area (Å²) < 4.78 is 0. The number of carboxylic acids is 1. The van der Waals surface area contributed by atoms with E-state index < -0.39 is 102 Å². The lowest BCUT2D eigenvalue weighted by atomic mass is 10.0. The zero-order valence-corrected chi connectivity index (χ0v) is 34.9. The van der Waals surface area contributed by atoms with Gasteiger partial charge in [-0.25, -0.2) is 4.79 Å². The molecule has 338 valence electrons. The minimum Gasteiger partial charge on any atom is -0.480 e. The van der Waals surface area contributed by atoms with E-state index in [1.54, 1.807) is 13.8 Å². The molecule has 0 aliphatic rings. The first-order valence-corrected chi connectivity index (χ1v) is 19.4. The van der Waals surface area contributed by atoms with Gasteiger partial charge in [0.1, 0.15) is 36.3 Å². The zero-order chi connectivity index (χ0) is 45.4. The number of carbonyl (C=O) groups excluding carboxylic acids is 6. The van der Waals surface area contributed by atoms with Gasteiger partial charge >= 0.3 is 5.97 Å². The van der Waals surface area contributed by atoms with Gasteiger partial charge in [0.15, 0.2) is 11.9 Å². The molecule has 6 amide bonds. The number of aliphatic hydroxyl groups is 2. The van der Waals surface area contributed by atoms with Gasteiger partial charge in [-0.15, -0.1) is 0 Å². The maximum Gasteiger partial charge on any atom is 0.326 e. The Hall–Kier alpha value is -5.33. The Labute approximate surface area is 344 Å². The smallest absolute Gasteiger partial charge is 0.326 e. The highest BCUT2D eigenvalue weighted by Crippen LogP contribution is 2.08. The van der Waals surface area contributed by atoms with Gasteiger partial charge in [-0.1, -0.05) is 13.8 Å². The van der Waals surface area contributed by atoms with Gasteiger partial charge in [-0.3, -0.25) is 38.8 Å². The summed E-state index contributed by atoms with van der Waals surface area (Å²) in [6.45, 7) is 5.73. The summed E-state index contributed by atoms with van der Waals surface area (Å²) in [6.07, 6.45) is 0.352. The van der Waals surface area contributed by atoms with E-state index in [0.717, 1.165) is 0 Å². The van der Waals surface area contributed by atoms with Crippen molar-refractivity contribution in [1.82, 2.24) is 36.8 Å². The van der Waals surface area contributed by atoms with Crippen LogP contribution in [0.2, 0.25) is 0 Å². The molecule has 0 unspecified atom stereocenters. The first-order chi connectivity index (χ1) is 27.5. The first-order valence-electron chi connectivity index (χ1n) is 19.4. The van der Waals surface area contributed by atoms with Gasteiger partial charge in [0.2, 0.25) is 35.4 Å². The molecule has 24 nitrogen and oxygen atoms in total. The summed E-state index contributed by atoms with van der Waals surface area (Å²) in [7, 11) is 3.73. The van der Waals surface area contributed by atoms with E-state index in [0.29, 0.717) is 25.8 Å². The normalized spacial score (nSPS) is 15.2. The highest BCUT2D eigenvalue weighted by atomic mass is 16.4. The molecular formula is C35H68N14O10. The van der Waals surface area contributed by atoms with Crippen molar-refractivity contribution in [2.24, 2.45) is 44.6 Å². The second-order valence-corrected chi connectivity index (χ2v) is 14.7. The van der Waals surface area contributed by atoms with Gasteiger partial charge in [0.05, 0.1) is 18.8 Å². The molecule has 8 atom stereocenters. The van der Waals surface area contributed by atoms with E-state index in [4.69, 9.17) is 28.7 Å². The molecule has 0 aromatic carbocycles. The van der Waals surface area contributed by atoms with Crippen LogP contribution < -0.4 is 60.6 Å². The van der Waals surface area contributed by atoms with Crippen LogP contribution in [0.5, 0.6) is 0 Å². The Morgan fingerprint density at radius 3 is 1.53 bits per heavy atom. The average Bonchev–Trinajstić information content (AvgIpc) is 3.14. The van der Waals surface area contributed by atoms with E-state index in [1.807, 2.05) is 19.0 Å². The molecule has 0 aromatic rings. The standard InChI is InChI=1S/C35H68N14O10/c1-18(2)25(33(58)59)47-30(55)22(12-7-8-16-49(5)6)45-31(56)24(17-50)46-29(54)23(13-10-15-42-35(39)40)44-27(52)19(3)43-32(57)26(20(4)51)48-28(53)21(36)11-9-14-41-34(37)38/h18-26,50-51H,7-17,36H2,1-6H3,(H,43,57)(H,44,52)(H,45,56)(H,46,54)(H,47,55)(H,48,53)(H,58,59)(H4,37,38,41)(H4,39,40,42)/t19-,20+,21-,22-,23-,24-,25-,26-/m0/s1. The predicted octanol–water partition coefficient (Wildman–Crippen LogP) is -5.80. The number of aliphatic imine (C=N–C) groups is 2. The number of carboxylic acid groups (broad SMARTS) is 1. The lowest BCUT2D eigenvalue weighted by molar-refractivity contribution is -0.143. The molecule has 0 saturated carbocycles. The fourth-order valence-corrected chi connectivity index (χ4v) is 5.31. The van der Waals surface area contributed by atoms with Crippen LogP contribution in [0.25, 0.3) is 0 Å². The molecule has 0 bridgehead atoms. The molecule has 0 rings (SSSR count). The van der Waals surface area contributed by atoms with Crippen molar-refractivity contribution in [2.45, 2.75) is 121 Å². The molecule has 0 saturated heterocycles. The topological polar surface area (TPSA) is 410 Å². The Kier molecular flexibility index (Phi) is 25.6. The average molecular weight is 845 g/mol. The highest BCUT2D eigenvalue weighted by Gasteiger charge is 2.34. The van der Waals surface area contributed by atoms with Gasteiger partial charge in [0, 0.05) is 13.1 Å². The monoisotopic (exact) mass is 845 g/mol. The molecule has 0 radical (unpaired) electrons. The van der Waals surface area contributed by atoms with Crippen molar-refractivity contribution in [3.63, 3.8) is 0 Å². The molecule has 0 heterocycles. The van der Waals surface area contributed by atoms with Crippen LogP contribution in [0, 0.1) is 5.92 Å². The summed E-state index contributed by atoms with van der Waals surface area (Å²) in [5.74, 6) is -7.36. The SMILES string of the molecule is CC(C)[C@H](NC(=O)[C@H](CCCCN(C)C)NC(=O)[C@H](CO)NC(=O)[C@H](CCCN=C(N)N)NC(=O)[C@H](C)NC(=O)[C@@H](NC(=O)[C@@H](N)CCCN=C(N)N)[C@@H](C)O)C(=O)O. The van der Waals surface area contributed by atoms with Gasteiger partial charge in [-0.2, -0.15) is 0 Å². The largest absolute Gasteiger partial charge is 0.480 e. The number of carbonyl (C=O) groups is 7. The van der Waals surface area contributed by atoms with E-state index in [2.05, 4.69) is 41.9 Å². The van der Waals surface area contributed by atoms with Crippen LogP contribution in [0.1, 0.15) is 72.6 Å². The second kappa shape index (κ2) is 28.2. The minimum absolute atomic E-state index is 0.0444. The molecule has 0 aliphatic carbocycles. The number of nitrogens with two attached hydrogens (primary N) is 5. The van der Waals surface area contributed by atoms with E-state index >= 15 is 0 Å². The van der Waals surface area contributed by atoms with E-state index in [1.165, 1.54) is 13.8 Å². The Bertz CT molecular complexity index is 1440. The van der Waals surface area contributed by atoms with Crippen LogP contribution >= 0.6 is 0 Å². The van der Waals surface area contributed by atoms with E-state index in [-0.39, 0.29) is 50.7 Å². The van der Waals surface area contributed by atoms with Gasteiger partial charge in [0.25, 0.3) is 0 Å². The number of amides is 6. The fraction of sp³-hybridized carbons (Fsp3) is 0.743. The molecule has 0 aliphatic heterocycles. The molecule has 0 aromatic heterocycles. The summed E-state index contributed by atoms with van der Waals surface area (Å²) >= 11 is 0. The van der Waals surface area contributed by atoms with Crippen molar-refractivity contribution < 1.29 is 48.9 Å². The summed E-state index contributed by atoms with van der Waals surface area (Å²) in [4.78, 5) is 101. The number of hydrogen-bond acceptors (Lipinski definition) is 13. The molecule has 59 heavy (non-hydrogen) atoms. The second-order valence-electron chi connectivity index (χ2n) is 14.7. The number of guanidine groups is 2. The summed E-state index contributed by atoms with van der Waals surface area (Å²) in [5, 5.41) is 44.5. The number of nitrogens with one attached hydrogen (secondary N) is 6. The maximum absolute atomic E-state index is 13.6. The lowest BCUT2D eigenvalue weighted by Gasteiger charge is -2.27.